The van der Waals surface area contributed by atoms with E-state index in [0.29, 0.717) is 6.42 Å². The molecule has 0 saturated heterocycles. The highest BCUT2D eigenvalue weighted by atomic mass is 16.5. The number of carbonyl (C=O) groups is 1. The minimum atomic E-state index is 0.0269. The molecular formula is C14H26O2. The van der Waals surface area contributed by atoms with Gasteiger partial charge < -0.3 is 4.74 Å². The van der Waals surface area contributed by atoms with Crippen LogP contribution in [0.3, 0.4) is 0 Å². The average molecular weight is 226 g/mol. The van der Waals surface area contributed by atoms with Crippen molar-refractivity contribution in [1.29, 1.82) is 0 Å². The molecule has 0 bridgehead atoms. The molecule has 0 aromatic heterocycles. The first-order chi connectivity index (χ1) is 7.83. The number of hydrogen-bond donors (Lipinski definition) is 0. The highest BCUT2D eigenvalue weighted by Gasteiger charge is 2.15. The smallest absolute Gasteiger partial charge is 0.306 e. The third-order valence-electron chi connectivity index (χ3n) is 3.33. The molecule has 0 amide bonds. The van der Waals surface area contributed by atoms with Crippen LogP contribution >= 0.6 is 0 Å². The summed E-state index contributed by atoms with van der Waals surface area (Å²) in [6.45, 7) is 2.15. The topological polar surface area (TPSA) is 26.3 Å². The summed E-state index contributed by atoms with van der Waals surface area (Å²) in [5.41, 5.74) is 0. The van der Waals surface area contributed by atoms with Crippen LogP contribution in [0.5, 0.6) is 0 Å². The van der Waals surface area contributed by atoms with E-state index in [-0.39, 0.29) is 12.1 Å². The standard InChI is InChI=1S/C14H26O2/c1-2-3-7-12-14(15)16-13-10-8-5-4-6-9-11-13/h13H,2-12H2,1H3. The summed E-state index contributed by atoms with van der Waals surface area (Å²) in [6.07, 6.45) is 12.7. The molecule has 1 aliphatic carbocycles. The van der Waals surface area contributed by atoms with Crippen LogP contribution in [0.25, 0.3) is 0 Å². The van der Waals surface area contributed by atoms with Crippen molar-refractivity contribution in [1.82, 2.24) is 0 Å². The van der Waals surface area contributed by atoms with Gasteiger partial charge in [-0.05, 0) is 32.1 Å². The largest absolute Gasteiger partial charge is 0.462 e. The molecule has 0 N–H and O–H groups in total. The van der Waals surface area contributed by atoms with E-state index in [1.54, 1.807) is 0 Å². The molecule has 0 aromatic carbocycles. The predicted octanol–water partition coefficient (Wildman–Crippen LogP) is 4.22. The van der Waals surface area contributed by atoms with Gasteiger partial charge in [0.15, 0.2) is 0 Å². The third kappa shape index (κ3) is 6.14. The molecule has 0 unspecified atom stereocenters. The Hall–Kier alpha value is -0.530. The van der Waals surface area contributed by atoms with Gasteiger partial charge in [-0.3, -0.25) is 4.79 Å². The number of unbranched alkanes of at least 4 members (excludes halogenated alkanes) is 2. The molecule has 94 valence electrons. The maximum atomic E-state index is 11.6. The maximum absolute atomic E-state index is 11.6. The molecule has 2 nitrogen and oxygen atoms in total. The Labute approximate surface area is 99.8 Å². The second-order valence-corrected chi connectivity index (χ2v) is 4.91. The molecular weight excluding hydrogens is 200 g/mol. The zero-order chi connectivity index (χ0) is 11.6. The first-order valence-corrected chi connectivity index (χ1v) is 7.02. The fourth-order valence-corrected chi connectivity index (χ4v) is 2.30. The average Bonchev–Trinajstić information content (AvgIpc) is 2.22. The molecule has 0 aromatic rings. The molecule has 1 saturated carbocycles. The Balaban J connectivity index is 2.14. The summed E-state index contributed by atoms with van der Waals surface area (Å²) in [4.78, 5) is 11.6. The van der Waals surface area contributed by atoms with E-state index in [1.165, 1.54) is 32.1 Å². The number of rotatable bonds is 5. The van der Waals surface area contributed by atoms with Crippen LogP contribution in [-0.2, 0) is 9.53 Å². The van der Waals surface area contributed by atoms with E-state index in [9.17, 15) is 4.79 Å². The lowest BCUT2D eigenvalue weighted by Gasteiger charge is -2.20. The van der Waals surface area contributed by atoms with Crippen LogP contribution in [-0.4, -0.2) is 12.1 Å². The van der Waals surface area contributed by atoms with Crippen molar-refractivity contribution in [3.8, 4) is 0 Å². The quantitative estimate of drug-likeness (QED) is 0.518. The van der Waals surface area contributed by atoms with Crippen molar-refractivity contribution in [2.75, 3.05) is 0 Å². The lowest BCUT2D eigenvalue weighted by atomic mass is 9.98. The van der Waals surface area contributed by atoms with Gasteiger partial charge >= 0.3 is 5.97 Å². The highest BCUT2D eigenvalue weighted by Crippen LogP contribution is 2.20. The van der Waals surface area contributed by atoms with Gasteiger partial charge in [-0.2, -0.15) is 0 Å². The molecule has 0 aliphatic heterocycles. The summed E-state index contributed by atoms with van der Waals surface area (Å²) in [6, 6.07) is 0. The minimum Gasteiger partial charge on any atom is -0.462 e. The van der Waals surface area contributed by atoms with E-state index in [4.69, 9.17) is 4.74 Å². The van der Waals surface area contributed by atoms with E-state index in [1.807, 2.05) is 0 Å². The van der Waals surface area contributed by atoms with Crippen LogP contribution in [0, 0.1) is 0 Å². The van der Waals surface area contributed by atoms with Gasteiger partial charge in [-0.25, -0.2) is 0 Å². The lowest BCUT2D eigenvalue weighted by Crippen LogP contribution is -2.19. The van der Waals surface area contributed by atoms with Crippen LogP contribution < -0.4 is 0 Å². The summed E-state index contributed by atoms with van der Waals surface area (Å²) >= 11 is 0. The Morgan fingerprint density at radius 1 is 1.06 bits per heavy atom. The van der Waals surface area contributed by atoms with Crippen molar-refractivity contribution in [2.45, 2.75) is 83.7 Å². The third-order valence-corrected chi connectivity index (χ3v) is 3.33. The molecule has 0 spiro atoms. The van der Waals surface area contributed by atoms with Crippen molar-refractivity contribution in [3.63, 3.8) is 0 Å². The van der Waals surface area contributed by atoms with E-state index < -0.39 is 0 Å². The van der Waals surface area contributed by atoms with Gasteiger partial charge in [0.1, 0.15) is 6.10 Å². The highest BCUT2D eigenvalue weighted by molar-refractivity contribution is 5.69. The van der Waals surface area contributed by atoms with Crippen molar-refractivity contribution in [2.24, 2.45) is 0 Å². The maximum Gasteiger partial charge on any atom is 0.306 e. The minimum absolute atomic E-state index is 0.0269. The Morgan fingerprint density at radius 2 is 1.69 bits per heavy atom. The number of ether oxygens (including phenoxy) is 1. The first-order valence-electron chi connectivity index (χ1n) is 7.02. The van der Waals surface area contributed by atoms with Gasteiger partial charge in [0.05, 0.1) is 0 Å². The van der Waals surface area contributed by atoms with E-state index >= 15 is 0 Å². The van der Waals surface area contributed by atoms with Crippen LogP contribution in [0.15, 0.2) is 0 Å². The molecule has 16 heavy (non-hydrogen) atoms. The normalized spacial score (nSPS) is 18.8. The molecule has 1 aliphatic rings. The Bertz CT molecular complexity index is 181. The second kappa shape index (κ2) is 8.60. The van der Waals surface area contributed by atoms with Crippen LogP contribution in [0.2, 0.25) is 0 Å². The molecule has 1 fully saturated rings. The van der Waals surface area contributed by atoms with Gasteiger partial charge in [0.2, 0.25) is 0 Å². The number of carbonyl (C=O) groups excluding carboxylic acids is 1. The molecule has 0 atom stereocenters. The Morgan fingerprint density at radius 3 is 2.31 bits per heavy atom. The molecule has 1 rings (SSSR count). The van der Waals surface area contributed by atoms with Crippen molar-refractivity contribution in [3.05, 3.63) is 0 Å². The predicted molar refractivity (Wildman–Crippen MR) is 66.3 cm³/mol. The van der Waals surface area contributed by atoms with E-state index in [0.717, 1.165) is 32.1 Å². The number of hydrogen-bond acceptors (Lipinski definition) is 2. The fourth-order valence-electron chi connectivity index (χ4n) is 2.30. The fraction of sp³-hybridized carbons (Fsp3) is 0.929. The van der Waals surface area contributed by atoms with Crippen LogP contribution in [0.1, 0.15) is 77.6 Å². The second-order valence-electron chi connectivity index (χ2n) is 4.91. The van der Waals surface area contributed by atoms with Crippen LogP contribution in [0.4, 0.5) is 0 Å². The SMILES string of the molecule is CCCCCC(=O)OC1CCCCCCC1. The molecule has 2 heteroatoms. The molecule has 0 heterocycles. The summed E-state index contributed by atoms with van der Waals surface area (Å²) in [5, 5.41) is 0. The molecule has 0 radical (unpaired) electrons. The summed E-state index contributed by atoms with van der Waals surface area (Å²) in [5.74, 6) is 0.0269. The van der Waals surface area contributed by atoms with Gasteiger partial charge in [-0.1, -0.05) is 39.0 Å². The zero-order valence-corrected chi connectivity index (χ0v) is 10.7. The van der Waals surface area contributed by atoms with Crippen molar-refractivity contribution >= 4 is 5.97 Å². The van der Waals surface area contributed by atoms with Gasteiger partial charge in [0.25, 0.3) is 0 Å². The first kappa shape index (κ1) is 13.5. The van der Waals surface area contributed by atoms with Crippen molar-refractivity contribution < 1.29 is 9.53 Å². The summed E-state index contributed by atoms with van der Waals surface area (Å²) < 4.78 is 5.53. The lowest BCUT2D eigenvalue weighted by molar-refractivity contribution is -0.150. The summed E-state index contributed by atoms with van der Waals surface area (Å²) in [7, 11) is 0. The van der Waals surface area contributed by atoms with Gasteiger partial charge in [0, 0.05) is 6.42 Å². The van der Waals surface area contributed by atoms with E-state index in [2.05, 4.69) is 6.92 Å². The Kier molecular flexibility index (Phi) is 7.28. The van der Waals surface area contributed by atoms with Gasteiger partial charge in [-0.15, -0.1) is 0 Å². The monoisotopic (exact) mass is 226 g/mol. The zero-order valence-electron chi connectivity index (χ0n) is 10.7. The number of esters is 1.